The van der Waals surface area contributed by atoms with Gasteiger partial charge in [0, 0.05) is 18.7 Å². The maximum absolute atomic E-state index is 13.9. The summed E-state index contributed by atoms with van der Waals surface area (Å²) in [5.74, 6) is -1.71. The first-order valence-corrected chi connectivity index (χ1v) is 8.35. The second kappa shape index (κ2) is 5.53. The third-order valence-electron chi connectivity index (χ3n) is 4.18. The van der Waals surface area contributed by atoms with Gasteiger partial charge < -0.3 is 5.73 Å². The molecular formula is C14H20F2N2O2S. The molecule has 2 rings (SSSR count). The molecule has 0 aliphatic carbocycles. The van der Waals surface area contributed by atoms with E-state index >= 15 is 0 Å². The van der Waals surface area contributed by atoms with Crippen molar-refractivity contribution in [2.75, 3.05) is 12.3 Å². The number of benzene rings is 1. The lowest BCUT2D eigenvalue weighted by molar-refractivity contribution is 0.157. The van der Waals surface area contributed by atoms with E-state index in [2.05, 4.69) is 0 Å². The van der Waals surface area contributed by atoms with Crippen LogP contribution in [0.1, 0.15) is 27.2 Å². The van der Waals surface area contributed by atoms with Gasteiger partial charge in [0.2, 0.25) is 10.0 Å². The summed E-state index contributed by atoms with van der Waals surface area (Å²) in [6.45, 7) is 6.06. The summed E-state index contributed by atoms with van der Waals surface area (Å²) < 4.78 is 53.8. The van der Waals surface area contributed by atoms with Crippen LogP contribution in [0.3, 0.4) is 0 Å². The van der Waals surface area contributed by atoms with Crippen LogP contribution in [0.5, 0.6) is 0 Å². The number of nitrogens with two attached hydrogens (primary N) is 1. The molecule has 3 atom stereocenters. The standard InChI is InChI=1S/C14H20F2N2O2S/c1-8-4-9(2)10(3)18(7-8)21(19,20)14-6-13(17)11(15)5-12(14)16/h5-6,8-10H,4,7,17H2,1-3H3. The lowest BCUT2D eigenvalue weighted by Crippen LogP contribution is -2.48. The Labute approximate surface area is 124 Å². The van der Waals surface area contributed by atoms with Crippen LogP contribution in [-0.2, 0) is 10.0 Å². The lowest BCUT2D eigenvalue weighted by atomic mass is 9.88. The van der Waals surface area contributed by atoms with Crippen molar-refractivity contribution < 1.29 is 17.2 Å². The molecule has 1 aromatic rings. The summed E-state index contributed by atoms with van der Waals surface area (Å²) in [6.07, 6.45) is 0.918. The molecule has 0 radical (unpaired) electrons. The Hall–Kier alpha value is -1.21. The van der Waals surface area contributed by atoms with E-state index in [1.54, 1.807) is 6.92 Å². The van der Waals surface area contributed by atoms with Crippen molar-refractivity contribution in [3.8, 4) is 0 Å². The predicted molar refractivity (Wildman–Crippen MR) is 77.1 cm³/mol. The molecule has 0 aromatic heterocycles. The topological polar surface area (TPSA) is 63.4 Å². The Morgan fingerprint density at radius 2 is 1.81 bits per heavy atom. The molecule has 7 heteroatoms. The number of nitrogens with zero attached hydrogens (tertiary/aromatic N) is 1. The molecule has 0 amide bonds. The van der Waals surface area contributed by atoms with E-state index < -0.39 is 26.6 Å². The van der Waals surface area contributed by atoms with Gasteiger partial charge in [-0.05, 0) is 31.2 Å². The fourth-order valence-corrected chi connectivity index (χ4v) is 4.78. The van der Waals surface area contributed by atoms with E-state index in [1.165, 1.54) is 4.31 Å². The Bertz CT molecular complexity index is 649. The molecular weight excluding hydrogens is 298 g/mol. The first-order valence-electron chi connectivity index (χ1n) is 6.91. The SMILES string of the molecule is CC1CC(C)C(C)N(S(=O)(=O)c2cc(N)c(F)cc2F)C1. The highest BCUT2D eigenvalue weighted by Gasteiger charge is 2.38. The number of sulfonamides is 1. The van der Waals surface area contributed by atoms with Crippen LogP contribution >= 0.6 is 0 Å². The summed E-state index contributed by atoms with van der Waals surface area (Å²) in [4.78, 5) is -0.561. The Kier molecular flexibility index (Phi) is 4.26. The zero-order valence-corrected chi connectivity index (χ0v) is 13.1. The molecule has 0 spiro atoms. The number of hydrogen-bond acceptors (Lipinski definition) is 3. The summed E-state index contributed by atoms with van der Waals surface area (Å²) in [6, 6.07) is 1.14. The van der Waals surface area contributed by atoms with Gasteiger partial charge in [0.1, 0.15) is 16.5 Å². The number of rotatable bonds is 2. The molecule has 1 saturated heterocycles. The summed E-state index contributed by atoms with van der Waals surface area (Å²) >= 11 is 0. The Morgan fingerprint density at radius 3 is 2.43 bits per heavy atom. The van der Waals surface area contributed by atoms with Gasteiger partial charge in [0.05, 0.1) is 5.69 Å². The highest BCUT2D eigenvalue weighted by molar-refractivity contribution is 7.89. The van der Waals surface area contributed by atoms with Crippen LogP contribution in [0.4, 0.5) is 14.5 Å². The van der Waals surface area contributed by atoms with Crippen LogP contribution in [-0.4, -0.2) is 25.3 Å². The molecule has 3 unspecified atom stereocenters. The number of piperidine rings is 1. The van der Waals surface area contributed by atoms with Gasteiger partial charge in [0.15, 0.2) is 0 Å². The highest BCUT2D eigenvalue weighted by Crippen LogP contribution is 2.33. The normalized spacial score (nSPS) is 27.8. The monoisotopic (exact) mass is 318 g/mol. The third kappa shape index (κ3) is 2.89. The second-order valence-electron chi connectivity index (χ2n) is 5.94. The third-order valence-corrected chi connectivity index (χ3v) is 6.15. The van der Waals surface area contributed by atoms with E-state index in [0.29, 0.717) is 12.6 Å². The highest BCUT2D eigenvalue weighted by atomic mass is 32.2. The minimum absolute atomic E-state index is 0.171. The Balaban J connectivity index is 2.49. The van der Waals surface area contributed by atoms with E-state index in [-0.39, 0.29) is 23.6 Å². The fourth-order valence-electron chi connectivity index (χ4n) is 2.85. The average molecular weight is 318 g/mol. The largest absolute Gasteiger partial charge is 0.396 e. The predicted octanol–water partition coefficient (Wildman–Crippen LogP) is 2.60. The van der Waals surface area contributed by atoms with Gasteiger partial charge in [-0.2, -0.15) is 4.31 Å². The zero-order valence-electron chi connectivity index (χ0n) is 12.3. The molecule has 21 heavy (non-hydrogen) atoms. The minimum Gasteiger partial charge on any atom is -0.396 e. The smallest absolute Gasteiger partial charge is 0.246 e. The molecule has 4 nitrogen and oxygen atoms in total. The molecule has 1 heterocycles. The van der Waals surface area contributed by atoms with Gasteiger partial charge in [-0.1, -0.05) is 13.8 Å². The van der Waals surface area contributed by atoms with Crippen LogP contribution in [0.25, 0.3) is 0 Å². The van der Waals surface area contributed by atoms with E-state index in [4.69, 9.17) is 5.73 Å². The van der Waals surface area contributed by atoms with Crippen molar-refractivity contribution in [1.29, 1.82) is 0 Å². The van der Waals surface area contributed by atoms with E-state index in [9.17, 15) is 17.2 Å². The molecule has 1 fully saturated rings. The number of halogens is 2. The molecule has 0 saturated carbocycles. The maximum Gasteiger partial charge on any atom is 0.246 e. The van der Waals surface area contributed by atoms with Gasteiger partial charge in [-0.3, -0.25) is 0 Å². The average Bonchev–Trinajstić information content (AvgIpc) is 2.37. The molecule has 0 bridgehead atoms. The van der Waals surface area contributed by atoms with E-state index in [0.717, 1.165) is 12.5 Å². The minimum atomic E-state index is -4.04. The molecule has 1 aliphatic heterocycles. The van der Waals surface area contributed by atoms with Crippen molar-refractivity contribution in [3.63, 3.8) is 0 Å². The second-order valence-corrected chi connectivity index (χ2v) is 7.80. The van der Waals surface area contributed by atoms with Crippen molar-refractivity contribution >= 4 is 15.7 Å². The van der Waals surface area contributed by atoms with Crippen molar-refractivity contribution in [2.45, 2.75) is 38.1 Å². The van der Waals surface area contributed by atoms with Crippen LogP contribution in [0.15, 0.2) is 17.0 Å². The van der Waals surface area contributed by atoms with Gasteiger partial charge in [-0.15, -0.1) is 0 Å². The summed E-state index contributed by atoms with van der Waals surface area (Å²) in [7, 11) is -4.04. The summed E-state index contributed by atoms with van der Waals surface area (Å²) in [5.41, 5.74) is 5.01. The Morgan fingerprint density at radius 1 is 1.19 bits per heavy atom. The molecule has 118 valence electrons. The van der Waals surface area contributed by atoms with Crippen LogP contribution in [0, 0.1) is 23.5 Å². The quantitative estimate of drug-likeness (QED) is 0.853. The van der Waals surface area contributed by atoms with Crippen molar-refractivity contribution in [1.82, 2.24) is 4.31 Å². The van der Waals surface area contributed by atoms with Crippen molar-refractivity contribution in [3.05, 3.63) is 23.8 Å². The lowest BCUT2D eigenvalue weighted by Gasteiger charge is -2.40. The van der Waals surface area contributed by atoms with Gasteiger partial charge in [-0.25, -0.2) is 17.2 Å². The van der Waals surface area contributed by atoms with Gasteiger partial charge >= 0.3 is 0 Å². The molecule has 1 aliphatic rings. The van der Waals surface area contributed by atoms with Crippen LogP contribution < -0.4 is 5.73 Å². The fraction of sp³-hybridized carbons (Fsp3) is 0.571. The van der Waals surface area contributed by atoms with Gasteiger partial charge in [0.25, 0.3) is 0 Å². The zero-order chi connectivity index (χ0) is 15.9. The van der Waals surface area contributed by atoms with E-state index in [1.807, 2.05) is 13.8 Å². The molecule has 1 aromatic carbocycles. The molecule has 2 N–H and O–H groups in total. The summed E-state index contributed by atoms with van der Waals surface area (Å²) in [5, 5.41) is 0. The first-order chi connectivity index (χ1) is 9.64. The number of nitrogen functional groups attached to an aromatic ring is 1. The van der Waals surface area contributed by atoms with Crippen LogP contribution in [0.2, 0.25) is 0 Å². The number of anilines is 1. The maximum atomic E-state index is 13.9. The van der Waals surface area contributed by atoms with Crippen molar-refractivity contribution in [2.24, 2.45) is 11.8 Å². The number of hydrogen-bond donors (Lipinski definition) is 1. The first kappa shape index (κ1) is 16.2.